The van der Waals surface area contributed by atoms with Gasteiger partial charge in [0.15, 0.2) is 0 Å². The van der Waals surface area contributed by atoms with E-state index < -0.39 is 5.97 Å². The highest BCUT2D eigenvalue weighted by atomic mass is 19.1. The standard InChI is InChI=1S/C22H21FN2O3/c1-12(2)14-4-5-15(19(23)8-14)17-9-20(25-11-13(3)22(26)27)18(10-24)16-6-7-28-21(16)17/h4-5,8-9,11-12,25H,6-7H2,1-3H3,(H,26,27). The third-order valence-electron chi connectivity index (χ3n) is 4.82. The van der Waals surface area contributed by atoms with Crippen molar-refractivity contribution in [3.8, 4) is 22.9 Å². The van der Waals surface area contributed by atoms with Crippen LogP contribution in [0.5, 0.6) is 5.75 Å². The largest absolute Gasteiger partial charge is 0.492 e. The molecule has 0 unspecified atom stereocenters. The van der Waals surface area contributed by atoms with Crippen LogP contribution in [0.1, 0.15) is 43.4 Å². The highest BCUT2D eigenvalue weighted by Crippen LogP contribution is 2.43. The summed E-state index contributed by atoms with van der Waals surface area (Å²) in [7, 11) is 0. The first kappa shape index (κ1) is 19.4. The van der Waals surface area contributed by atoms with Gasteiger partial charge in [0.1, 0.15) is 17.6 Å². The first-order valence-electron chi connectivity index (χ1n) is 9.02. The summed E-state index contributed by atoms with van der Waals surface area (Å²) < 4.78 is 20.6. The van der Waals surface area contributed by atoms with Gasteiger partial charge in [-0.25, -0.2) is 9.18 Å². The molecule has 5 nitrogen and oxygen atoms in total. The molecule has 2 aromatic carbocycles. The molecule has 0 radical (unpaired) electrons. The number of anilines is 1. The van der Waals surface area contributed by atoms with Gasteiger partial charge in [-0.15, -0.1) is 0 Å². The highest BCUT2D eigenvalue weighted by Gasteiger charge is 2.25. The van der Waals surface area contributed by atoms with Crippen molar-refractivity contribution in [2.75, 3.05) is 11.9 Å². The summed E-state index contributed by atoms with van der Waals surface area (Å²) in [6.07, 6.45) is 1.86. The van der Waals surface area contributed by atoms with Gasteiger partial charge in [0, 0.05) is 34.9 Å². The summed E-state index contributed by atoms with van der Waals surface area (Å²) in [5.74, 6) is -0.715. The summed E-state index contributed by atoms with van der Waals surface area (Å²) >= 11 is 0. The lowest BCUT2D eigenvalue weighted by Gasteiger charge is -2.15. The molecule has 0 fully saturated rings. The van der Waals surface area contributed by atoms with Crippen LogP contribution in [-0.4, -0.2) is 17.7 Å². The molecule has 0 bridgehead atoms. The Kier molecular flexibility index (Phi) is 5.36. The molecule has 0 atom stereocenters. The Morgan fingerprint density at radius 3 is 2.71 bits per heavy atom. The maximum absolute atomic E-state index is 14.9. The van der Waals surface area contributed by atoms with Crippen molar-refractivity contribution in [2.24, 2.45) is 0 Å². The third-order valence-corrected chi connectivity index (χ3v) is 4.82. The molecule has 3 rings (SSSR count). The molecular weight excluding hydrogens is 359 g/mol. The second kappa shape index (κ2) is 7.73. The van der Waals surface area contributed by atoms with Gasteiger partial charge in [0.25, 0.3) is 0 Å². The second-order valence-electron chi connectivity index (χ2n) is 7.04. The van der Waals surface area contributed by atoms with Crippen LogP contribution >= 0.6 is 0 Å². The third kappa shape index (κ3) is 3.56. The smallest absolute Gasteiger partial charge is 0.332 e. The molecule has 1 heterocycles. The summed E-state index contributed by atoms with van der Waals surface area (Å²) in [4.78, 5) is 11.0. The van der Waals surface area contributed by atoms with Gasteiger partial charge in [0.2, 0.25) is 0 Å². The predicted molar refractivity (Wildman–Crippen MR) is 105 cm³/mol. The van der Waals surface area contributed by atoms with Crippen molar-refractivity contribution in [2.45, 2.75) is 33.1 Å². The molecule has 1 aliphatic heterocycles. The van der Waals surface area contributed by atoms with E-state index in [4.69, 9.17) is 9.84 Å². The van der Waals surface area contributed by atoms with Gasteiger partial charge in [-0.05, 0) is 30.5 Å². The molecule has 0 amide bonds. The monoisotopic (exact) mass is 380 g/mol. The highest BCUT2D eigenvalue weighted by molar-refractivity contribution is 5.87. The number of aliphatic carboxylic acids is 1. The van der Waals surface area contributed by atoms with Crippen molar-refractivity contribution in [3.63, 3.8) is 0 Å². The van der Waals surface area contributed by atoms with Crippen LogP contribution in [-0.2, 0) is 11.2 Å². The number of ether oxygens (including phenoxy) is 1. The van der Waals surface area contributed by atoms with E-state index in [-0.39, 0.29) is 17.3 Å². The van der Waals surface area contributed by atoms with Crippen LogP contribution in [0.4, 0.5) is 10.1 Å². The number of carboxylic acids is 1. The van der Waals surface area contributed by atoms with Crippen molar-refractivity contribution in [1.29, 1.82) is 5.26 Å². The van der Waals surface area contributed by atoms with E-state index in [9.17, 15) is 14.4 Å². The fourth-order valence-corrected chi connectivity index (χ4v) is 3.18. The number of carboxylic acid groups (broad SMARTS) is 1. The Balaban J connectivity index is 2.16. The lowest BCUT2D eigenvalue weighted by molar-refractivity contribution is -0.132. The molecule has 0 spiro atoms. The summed E-state index contributed by atoms with van der Waals surface area (Å²) in [5.41, 5.74) is 3.42. The lowest BCUT2D eigenvalue weighted by Crippen LogP contribution is -2.02. The zero-order valence-electron chi connectivity index (χ0n) is 16.0. The van der Waals surface area contributed by atoms with Crippen LogP contribution in [0.3, 0.4) is 0 Å². The van der Waals surface area contributed by atoms with Crippen LogP contribution < -0.4 is 10.1 Å². The maximum atomic E-state index is 14.9. The van der Waals surface area contributed by atoms with E-state index in [1.165, 1.54) is 19.2 Å². The molecule has 0 aromatic heterocycles. The van der Waals surface area contributed by atoms with E-state index in [0.29, 0.717) is 46.7 Å². The topological polar surface area (TPSA) is 82.3 Å². The van der Waals surface area contributed by atoms with Crippen molar-refractivity contribution in [3.05, 3.63) is 58.5 Å². The van der Waals surface area contributed by atoms with E-state index in [0.717, 1.165) is 5.56 Å². The first-order valence-corrected chi connectivity index (χ1v) is 9.02. The number of nitrogens with one attached hydrogen (secondary N) is 1. The van der Waals surface area contributed by atoms with E-state index >= 15 is 0 Å². The average molecular weight is 380 g/mol. The first-order chi connectivity index (χ1) is 13.3. The number of halogens is 1. The van der Waals surface area contributed by atoms with E-state index in [1.54, 1.807) is 12.1 Å². The van der Waals surface area contributed by atoms with E-state index in [1.807, 2.05) is 19.9 Å². The Labute approximate surface area is 163 Å². The fourth-order valence-electron chi connectivity index (χ4n) is 3.18. The van der Waals surface area contributed by atoms with Gasteiger partial charge >= 0.3 is 5.97 Å². The number of fused-ring (bicyclic) bond motifs is 1. The maximum Gasteiger partial charge on any atom is 0.332 e. The Bertz CT molecular complexity index is 1020. The van der Waals surface area contributed by atoms with Gasteiger partial charge in [-0.1, -0.05) is 26.0 Å². The molecule has 0 aliphatic carbocycles. The molecular formula is C22H21FN2O3. The molecule has 2 N–H and O–H groups in total. The Morgan fingerprint density at radius 2 is 2.11 bits per heavy atom. The van der Waals surface area contributed by atoms with Gasteiger partial charge in [0.05, 0.1) is 17.9 Å². The number of nitrogens with zero attached hydrogens (tertiary/aromatic N) is 1. The lowest BCUT2D eigenvalue weighted by atomic mass is 9.93. The van der Waals surface area contributed by atoms with Gasteiger partial charge in [-0.2, -0.15) is 5.26 Å². The minimum atomic E-state index is -1.06. The molecule has 2 aromatic rings. The molecule has 0 saturated heterocycles. The summed E-state index contributed by atoms with van der Waals surface area (Å²) in [6, 6.07) is 8.91. The van der Waals surface area contributed by atoms with Gasteiger partial charge in [-0.3, -0.25) is 0 Å². The Hall–Kier alpha value is -3.33. The molecule has 144 valence electrons. The molecule has 6 heteroatoms. The summed E-state index contributed by atoms with van der Waals surface area (Å²) in [6.45, 7) is 5.85. The molecule has 28 heavy (non-hydrogen) atoms. The number of rotatable bonds is 5. The van der Waals surface area contributed by atoms with Gasteiger partial charge < -0.3 is 15.2 Å². The second-order valence-corrected chi connectivity index (χ2v) is 7.04. The SMILES string of the molecule is CC(=CNc1cc(-c2ccc(C(C)C)cc2F)c2c(c1C#N)CCO2)C(=O)O. The quantitative estimate of drug-likeness (QED) is 0.727. The van der Waals surface area contributed by atoms with Crippen LogP contribution in [0, 0.1) is 17.1 Å². The number of benzene rings is 2. The number of carbonyl (C=O) groups is 1. The normalized spacial score (nSPS) is 13.1. The zero-order valence-corrected chi connectivity index (χ0v) is 16.0. The van der Waals surface area contributed by atoms with Crippen molar-refractivity contribution >= 4 is 11.7 Å². The minimum Gasteiger partial charge on any atom is -0.492 e. The van der Waals surface area contributed by atoms with E-state index in [2.05, 4.69) is 11.4 Å². The van der Waals surface area contributed by atoms with Crippen LogP contribution in [0.15, 0.2) is 36.0 Å². The number of hydrogen-bond acceptors (Lipinski definition) is 4. The molecule has 0 saturated carbocycles. The average Bonchev–Trinajstić information content (AvgIpc) is 3.14. The van der Waals surface area contributed by atoms with Crippen molar-refractivity contribution in [1.82, 2.24) is 0 Å². The number of hydrogen-bond donors (Lipinski definition) is 2. The molecule has 1 aliphatic rings. The Morgan fingerprint density at radius 1 is 1.36 bits per heavy atom. The van der Waals surface area contributed by atoms with Crippen molar-refractivity contribution < 1.29 is 19.0 Å². The fraction of sp³-hybridized carbons (Fsp3) is 0.273. The predicted octanol–water partition coefficient (Wildman–Crippen LogP) is 4.82. The number of nitriles is 1. The van der Waals surface area contributed by atoms with Crippen LogP contribution in [0.2, 0.25) is 0 Å². The van der Waals surface area contributed by atoms with Crippen LogP contribution in [0.25, 0.3) is 11.1 Å². The zero-order chi connectivity index (χ0) is 20.4. The summed E-state index contributed by atoms with van der Waals surface area (Å²) in [5, 5.41) is 21.5. The minimum absolute atomic E-state index is 0.0923.